The minimum Gasteiger partial charge on any atom is -0.508 e. The lowest BCUT2D eigenvalue weighted by Gasteiger charge is -2.47. The number of halogens is 2. The summed E-state index contributed by atoms with van der Waals surface area (Å²) in [5, 5.41) is 125. The van der Waals surface area contributed by atoms with Crippen molar-refractivity contribution in [1.29, 1.82) is 0 Å². The number of benzene rings is 5. The van der Waals surface area contributed by atoms with Gasteiger partial charge in [0.05, 0.1) is 53.9 Å². The Bertz CT molecular complexity index is 5020. The minimum absolute atomic E-state index is 0.213. The number of fused-ring (bicyclic) bond motifs is 15. The molecule has 0 spiro atoms. The summed E-state index contributed by atoms with van der Waals surface area (Å²) < 4.78 is 76.3. The number of amides is 8. The number of phenols is 3. The molecular weight excluding hydrogens is 1710 g/mol. The number of aliphatic hydroxyl groups excluding tert-OH is 6. The van der Waals surface area contributed by atoms with E-state index < -0.39 is 335 Å². The Morgan fingerprint density at radius 2 is 1.20 bits per heavy atom. The Morgan fingerprint density at radius 1 is 0.659 bits per heavy atom. The zero-order valence-corrected chi connectivity index (χ0v) is 69.6. The number of hydrogen-bond acceptors (Lipinski definition) is 30. The topological polar surface area (TPSA) is 698 Å². The number of carboxylic acids is 1. The largest absolute Gasteiger partial charge is 0.508 e. The number of carbonyl (C=O) groups excluding carboxylic acids is 8. The van der Waals surface area contributed by atoms with Gasteiger partial charge in [-0.15, -0.1) is 0 Å². The standard InChI is InChI=1S/C76H94Cl2N10O33P2/c1-27(2)14-40(88(7)49(94)23-52(122(108,109)110)123(111,112)113)68(101)86-57-59(95)31-9-12-43(37(77)16-31)116-45-18-33-19-46(63(45)121-74-64(61(97)60(96)47(26-89)118-74)120-51-25-76(6,81)66(99)29(4)115-51)117-44-13-10-32(17-38(44)78)62(119-50-24-75(5,80)65(98)28(3)114-50)58-72(105)85-56(73(106)107)36-20-34(90)21-42(92)53(36)35-15-30(8-11-41(35)91)54(69(102)87-58)84-70(103)55(33)83-67(100)39(22-48(79)93)82-71(57)104/h8-13,15-21,27-29,39-40,47,50-52,54-62,64-66,74,89-92,95-99H,14,22-26,80-81H2,1-7H3,(H2,79,93)(H,82,104)(H,83,100)(H,84,103)(H,85,105)(H,86,101)(H,87,102)(H,106,107)(H2,108,109,110)(H2,111,112,113)/t28-,29-,39-,40+,47+,50-,51-,54+,55+,56-,57+,58-,59+,60+,61-,62+,64+,65-,66-,74-,75-,76-/m0/s1. The molecule has 5 aromatic rings. The molecule has 26 N–H and O–H groups in total. The Balaban J connectivity index is 1.17. The van der Waals surface area contributed by atoms with Crippen LogP contribution in [0.5, 0.6) is 46.0 Å². The zero-order chi connectivity index (χ0) is 90.6. The molecule has 5 aromatic carbocycles. The van der Waals surface area contributed by atoms with Crippen molar-refractivity contribution in [2.75, 3.05) is 13.7 Å². The number of aliphatic hydroxyl groups is 6. The highest BCUT2D eigenvalue weighted by Gasteiger charge is 2.53. The number of phenolic OH excluding ortho intramolecular Hbond substituents is 3. The minimum atomic E-state index is -5.78. The van der Waals surface area contributed by atoms with E-state index in [4.69, 9.17) is 78.3 Å². The van der Waals surface area contributed by atoms with Gasteiger partial charge in [-0.05, 0) is 117 Å². The van der Waals surface area contributed by atoms with Crippen molar-refractivity contribution in [2.24, 2.45) is 23.1 Å². The van der Waals surface area contributed by atoms with Gasteiger partial charge in [-0.3, -0.25) is 47.5 Å². The molecule has 11 bridgehead atoms. The van der Waals surface area contributed by atoms with Crippen LogP contribution in [-0.2, 0) is 76.0 Å². The van der Waals surface area contributed by atoms with Crippen LogP contribution in [0.3, 0.4) is 0 Å². The smallest absolute Gasteiger partial charge is 0.341 e. The third-order valence-electron chi connectivity index (χ3n) is 21.8. The average Bonchev–Trinajstić information content (AvgIpc) is 0.762. The molecule has 8 heterocycles. The molecular formula is C76H94Cl2N10O33P2. The molecule has 0 aromatic heterocycles. The van der Waals surface area contributed by atoms with Crippen LogP contribution in [0, 0.1) is 5.92 Å². The Morgan fingerprint density at radius 3 is 1.75 bits per heavy atom. The highest BCUT2D eigenvalue weighted by atomic mass is 35.5. The molecule has 8 amide bonds. The maximum absolute atomic E-state index is 16.5. The molecule has 0 unspecified atom stereocenters. The number of nitrogens with two attached hydrogens (primary N) is 3. The van der Waals surface area contributed by atoms with E-state index in [1.54, 1.807) is 0 Å². The van der Waals surface area contributed by atoms with Gasteiger partial charge >= 0.3 is 21.2 Å². The SMILES string of the molecule is CC(C)C[C@H](C(=O)N[C@H]1C(=O)N[C@@H](CC(N)=O)C(=O)N[C@H]2C(=O)N[C@H]3C(=O)N[C@H](C(=O)N[C@H](C(=O)O)c4cc(O)cc(O)c4-c4cc3ccc4O)[C@H](O[C@H]3C[C@](C)(N)[C@@H](O)[C@H](C)O3)c3ccc(c(Cl)c3)Oc3cc2cc(c3O[C@@H]2O[C@H](CO)[C@@H](O)[C@H](O)[C@H]2O[C@H]2C[C@](C)(N)[C@@H](O)[C@H](C)O2)Oc2ccc(cc2Cl)[C@H]1O)N(C)C(=O)CC(P(=O)(O)O)P(=O)(O)O. The number of nitrogens with zero attached hydrogens (tertiary/aromatic N) is 1. The number of likely N-dealkylation sites (N-methyl/N-ethyl adjacent to an activating group) is 1. The van der Waals surface area contributed by atoms with Crippen molar-refractivity contribution >= 4 is 91.6 Å². The molecule has 3 fully saturated rings. The molecule has 8 aliphatic rings. The van der Waals surface area contributed by atoms with Gasteiger partial charge in [0.25, 0.3) is 0 Å². The lowest BCUT2D eigenvalue weighted by Crippen LogP contribution is -2.64. The number of aliphatic carboxylic acids is 1. The summed E-state index contributed by atoms with van der Waals surface area (Å²) >= 11 is 14.5. The molecule has 13 rings (SSSR count). The number of primary amides is 1. The fourth-order valence-corrected chi connectivity index (χ4v) is 18.0. The van der Waals surface area contributed by atoms with Gasteiger partial charge in [-0.25, -0.2) is 4.79 Å². The van der Waals surface area contributed by atoms with Crippen LogP contribution in [0.2, 0.25) is 10.0 Å². The first-order chi connectivity index (χ1) is 57.4. The summed E-state index contributed by atoms with van der Waals surface area (Å²) in [7, 11) is -10.6. The first-order valence-electron chi connectivity index (χ1n) is 38.1. The molecule has 0 radical (unpaired) electrons. The molecule has 47 heteroatoms. The normalized spacial score (nSPS) is 30.4. The molecule has 670 valence electrons. The van der Waals surface area contributed by atoms with Gasteiger partial charge in [0.1, 0.15) is 95.5 Å². The molecule has 8 aliphatic heterocycles. The van der Waals surface area contributed by atoms with Gasteiger partial charge in [0.2, 0.25) is 59.3 Å². The zero-order valence-electron chi connectivity index (χ0n) is 66.3. The fraction of sp³-hybridized carbons (Fsp3) is 0.487. The van der Waals surface area contributed by atoms with Crippen LogP contribution >= 0.6 is 38.4 Å². The van der Waals surface area contributed by atoms with Crippen LogP contribution in [0.15, 0.2) is 78.9 Å². The number of carboxylic acid groups (broad SMARTS) is 1. The third kappa shape index (κ3) is 20.7. The van der Waals surface area contributed by atoms with E-state index in [2.05, 4.69) is 31.9 Å². The van der Waals surface area contributed by atoms with Gasteiger partial charge < -0.3 is 163 Å². The fourth-order valence-electron chi connectivity index (χ4n) is 15.2. The summed E-state index contributed by atoms with van der Waals surface area (Å²) in [6, 6.07) is -3.38. The number of rotatable bonds is 19. The van der Waals surface area contributed by atoms with Crippen LogP contribution in [-0.4, -0.2) is 251 Å². The quantitative estimate of drug-likeness (QED) is 0.0470. The van der Waals surface area contributed by atoms with Crippen molar-refractivity contribution in [2.45, 2.75) is 212 Å². The maximum atomic E-state index is 16.5. The van der Waals surface area contributed by atoms with E-state index in [-0.39, 0.29) is 12.0 Å². The number of carbonyl (C=O) groups is 9. The third-order valence-corrected chi connectivity index (χ3v) is 26.1. The van der Waals surface area contributed by atoms with Gasteiger partial charge in [-0.1, -0.05) is 55.2 Å². The van der Waals surface area contributed by atoms with Crippen molar-refractivity contribution in [3.05, 3.63) is 117 Å². The van der Waals surface area contributed by atoms with Gasteiger partial charge in [-0.2, -0.15) is 0 Å². The van der Waals surface area contributed by atoms with E-state index in [0.29, 0.717) is 4.90 Å². The van der Waals surface area contributed by atoms with Crippen molar-refractivity contribution in [1.82, 2.24) is 36.8 Å². The van der Waals surface area contributed by atoms with Gasteiger partial charge in [0.15, 0.2) is 41.6 Å². The summed E-state index contributed by atoms with van der Waals surface area (Å²) in [4.78, 5) is 176. The first-order valence-corrected chi connectivity index (χ1v) is 42.2. The summed E-state index contributed by atoms with van der Waals surface area (Å²) in [5.74, 6) is -20.1. The maximum Gasteiger partial charge on any atom is 0.341 e. The second-order valence-electron chi connectivity index (χ2n) is 31.8. The first kappa shape index (κ1) is 94.2. The molecule has 43 nitrogen and oxygen atoms in total. The lowest BCUT2D eigenvalue weighted by molar-refractivity contribution is -0.333. The van der Waals surface area contributed by atoms with Crippen LogP contribution in [0.25, 0.3) is 11.1 Å². The van der Waals surface area contributed by atoms with Crippen molar-refractivity contribution in [3.63, 3.8) is 0 Å². The lowest BCUT2D eigenvalue weighted by atomic mass is 9.86. The highest BCUT2D eigenvalue weighted by molar-refractivity contribution is 7.70. The van der Waals surface area contributed by atoms with Crippen LogP contribution in [0.4, 0.5) is 0 Å². The predicted molar refractivity (Wildman–Crippen MR) is 422 cm³/mol. The van der Waals surface area contributed by atoms with Crippen molar-refractivity contribution in [3.8, 4) is 57.1 Å². The number of nitrogens with one attached hydrogen (secondary N) is 6. The number of ether oxygens (including phenoxy) is 8. The van der Waals surface area contributed by atoms with Crippen LogP contribution < -0.4 is 63.3 Å². The Labute approximate surface area is 709 Å². The second kappa shape index (κ2) is 37.0. The summed E-state index contributed by atoms with van der Waals surface area (Å²) in [5.41, 5.74) is 12.5. The summed E-state index contributed by atoms with van der Waals surface area (Å²) in [6.45, 7) is 7.80. The van der Waals surface area contributed by atoms with E-state index >= 15 is 24.0 Å². The van der Waals surface area contributed by atoms with Crippen LogP contribution in [0.1, 0.15) is 132 Å². The molecule has 0 aliphatic carbocycles. The molecule has 3 saturated heterocycles. The van der Waals surface area contributed by atoms with E-state index in [0.717, 1.165) is 79.8 Å². The second-order valence-corrected chi connectivity index (χ2v) is 36.6. The molecule has 123 heavy (non-hydrogen) atoms. The molecule has 22 atom stereocenters. The van der Waals surface area contributed by atoms with Gasteiger partial charge in [0, 0.05) is 53.7 Å². The average molecular weight is 1810 g/mol. The highest BCUT2D eigenvalue weighted by Crippen LogP contribution is 2.61. The van der Waals surface area contributed by atoms with E-state index in [1.807, 2.05) is 0 Å². The van der Waals surface area contributed by atoms with Crippen molar-refractivity contribution < 1.29 is 161 Å². The monoisotopic (exact) mass is 1810 g/mol. The van der Waals surface area contributed by atoms with E-state index in [1.165, 1.54) is 47.6 Å². The molecule has 0 saturated carbocycles. The predicted octanol–water partition coefficient (Wildman–Crippen LogP) is -0.346. The summed E-state index contributed by atoms with van der Waals surface area (Å²) in [6.07, 6.45) is -26.4. The number of hydrogen-bond donors (Lipinski definition) is 23. The Hall–Kier alpha value is -9.51. The number of aromatic hydroxyl groups is 3. The van der Waals surface area contributed by atoms with E-state index in [9.17, 15) is 98.9 Å². The Kier molecular flexibility index (Phi) is 28.3.